The smallest absolute Gasteiger partial charge is 0.243 e. The molecule has 0 aliphatic rings. The third-order valence-corrected chi connectivity index (χ3v) is 4.98. The summed E-state index contributed by atoms with van der Waals surface area (Å²) in [5.74, 6) is 1.96. The van der Waals surface area contributed by atoms with Gasteiger partial charge in [-0.25, -0.2) is 4.99 Å². The average molecular weight is 548 g/mol. The summed E-state index contributed by atoms with van der Waals surface area (Å²) in [6, 6.07) is 7.68. The maximum absolute atomic E-state index is 12.0. The molecule has 2 N–H and O–H groups in total. The Kier molecular flexibility index (Phi) is 11.3. The van der Waals surface area contributed by atoms with E-state index >= 15 is 0 Å². The Labute approximate surface area is 198 Å². The second-order valence-corrected chi connectivity index (χ2v) is 7.28. The van der Waals surface area contributed by atoms with E-state index in [4.69, 9.17) is 14.2 Å². The van der Waals surface area contributed by atoms with Gasteiger partial charge in [0.2, 0.25) is 11.7 Å². The molecule has 0 unspecified atom stereocenters. The van der Waals surface area contributed by atoms with Gasteiger partial charge in [0.25, 0.3) is 0 Å². The molecule has 0 spiro atoms. The lowest BCUT2D eigenvalue weighted by Crippen LogP contribution is -2.34. The van der Waals surface area contributed by atoms with Crippen molar-refractivity contribution in [1.82, 2.24) is 10.2 Å². The summed E-state index contributed by atoms with van der Waals surface area (Å²) in [5, 5.41) is 8.53. The van der Waals surface area contributed by atoms with E-state index in [0.717, 1.165) is 6.42 Å². The zero-order valence-electron chi connectivity index (χ0n) is 17.9. The van der Waals surface area contributed by atoms with E-state index in [2.05, 4.69) is 21.7 Å². The number of halogens is 1. The van der Waals surface area contributed by atoms with Gasteiger partial charge in [0.15, 0.2) is 17.5 Å². The maximum Gasteiger partial charge on any atom is 0.243 e. The lowest BCUT2D eigenvalue weighted by Gasteiger charge is -2.17. The van der Waals surface area contributed by atoms with E-state index in [1.54, 1.807) is 58.9 Å². The van der Waals surface area contributed by atoms with E-state index in [0.29, 0.717) is 35.4 Å². The van der Waals surface area contributed by atoms with Gasteiger partial charge in [0.1, 0.15) is 6.54 Å². The van der Waals surface area contributed by atoms with Gasteiger partial charge in [-0.2, -0.15) is 0 Å². The number of carbonyl (C=O) groups is 1. The monoisotopic (exact) mass is 548 g/mol. The highest BCUT2D eigenvalue weighted by atomic mass is 127. The molecule has 0 radical (unpaired) electrons. The van der Waals surface area contributed by atoms with Gasteiger partial charge in [-0.1, -0.05) is 6.07 Å². The quantitative estimate of drug-likeness (QED) is 0.285. The molecule has 166 valence electrons. The SMILES string of the molecule is COc1cc(NC(=NCC(=O)N(C)C)NCCc2cccs2)cc(OC)c1OC.I. The number of anilines is 1. The lowest BCUT2D eigenvalue weighted by atomic mass is 10.2. The minimum Gasteiger partial charge on any atom is -0.493 e. The number of nitrogens with one attached hydrogen (secondary N) is 2. The van der Waals surface area contributed by atoms with Crippen LogP contribution in [-0.4, -0.2) is 65.3 Å². The van der Waals surface area contributed by atoms with Crippen molar-refractivity contribution in [3.05, 3.63) is 34.5 Å². The summed E-state index contributed by atoms with van der Waals surface area (Å²) in [6.07, 6.45) is 0.856. The third kappa shape index (κ3) is 7.56. The van der Waals surface area contributed by atoms with Crippen LogP contribution in [0.15, 0.2) is 34.6 Å². The lowest BCUT2D eigenvalue weighted by molar-refractivity contribution is -0.127. The maximum atomic E-state index is 12.0. The van der Waals surface area contributed by atoms with Gasteiger partial charge in [-0.05, 0) is 17.9 Å². The molecular weight excluding hydrogens is 519 g/mol. The van der Waals surface area contributed by atoms with E-state index in [1.165, 1.54) is 9.78 Å². The number of hydrogen-bond acceptors (Lipinski definition) is 6. The van der Waals surface area contributed by atoms with Crippen molar-refractivity contribution in [2.45, 2.75) is 6.42 Å². The molecule has 1 heterocycles. The van der Waals surface area contributed by atoms with Crippen LogP contribution in [0.5, 0.6) is 17.2 Å². The summed E-state index contributed by atoms with van der Waals surface area (Å²) < 4.78 is 16.1. The molecule has 0 saturated heterocycles. The minimum atomic E-state index is -0.0887. The highest BCUT2D eigenvalue weighted by Gasteiger charge is 2.14. The summed E-state index contributed by atoms with van der Waals surface area (Å²) in [6.45, 7) is 0.707. The van der Waals surface area contributed by atoms with Crippen molar-refractivity contribution in [1.29, 1.82) is 0 Å². The number of ether oxygens (including phenoxy) is 3. The average Bonchev–Trinajstić information content (AvgIpc) is 3.24. The molecule has 2 rings (SSSR count). The predicted octanol–water partition coefficient (Wildman–Crippen LogP) is 3.08. The molecule has 0 fully saturated rings. The fraction of sp³-hybridized carbons (Fsp3) is 0.400. The molecule has 0 aliphatic heterocycles. The highest BCUT2D eigenvalue weighted by molar-refractivity contribution is 14.0. The van der Waals surface area contributed by atoms with Crippen LogP contribution in [0.2, 0.25) is 0 Å². The van der Waals surface area contributed by atoms with Gasteiger partial charge in [-0.15, -0.1) is 35.3 Å². The van der Waals surface area contributed by atoms with Crippen molar-refractivity contribution in [2.24, 2.45) is 4.99 Å². The molecule has 10 heteroatoms. The largest absolute Gasteiger partial charge is 0.493 e. The molecule has 0 saturated carbocycles. The van der Waals surface area contributed by atoms with Crippen LogP contribution < -0.4 is 24.8 Å². The molecule has 30 heavy (non-hydrogen) atoms. The fourth-order valence-corrected chi connectivity index (χ4v) is 3.19. The van der Waals surface area contributed by atoms with Gasteiger partial charge >= 0.3 is 0 Å². The first-order chi connectivity index (χ1) is 14.0. The number of methoxy groups -OCH3 is 3. The van der Waals surface area contributed by atoms with Gasteiger partial charge in [-0.3, -0.25) is 4.79 Å². The Hall–Kier alpha value is -2.21. The first-order valence-corrected chi connectivity index (χ1v) is 9.94. The van der Waals surface area contributed by atoms with E-state index in [1.807, 2.05) is 11.4 Å². The zero-order valence-corrected chi connectivity index (χ0v) is 21.0. The van der Waals surface area contributed by atoms with Crippen LogP contribution in [0.1, 0.15) is 4.88 Å². The summed E-state index contributed by atoms with van der Waals surface area (Å²) >= 11 is 1.71. The number of hydrogen-bond donors (Lipinski definition) is 2. The minimum absolute atomic E-state index is 0. The van der Waals surface area contributed by atoms with Gasteiger partial charge < -0.3 is 29.7 Å². The summed E-state index contributed by atoms with van der Waals surface area (Å²) in [7, 11) is 8.08. The molecule has 0 aliphatic carbocycles. The van der Waals surface area contributed by atoms with E-state index in [-0.39, 0.29) is 36.4 Å². The number of aliphatic imine (C=N–C) groups is 1. The topological polar surface area (TPSA) is 84.4 Å². The summed E-state index contributed by atoms with van der Waals surface area (Å²) in [5.41, 5.74) is 0.694. The zero-order chi connectivity index (χ0) is 21.2. The van der Waals surface area contributed by atoms with Crippen LogP contribution in [0.3, 0.4) is 0 Å². The van der Waals surface area contributed by atoms with Crippen LogP contribution in [0, 0.1) is 0 Å². The second-order valence-electron chi connectivity index (χ2n) is 6.25. The Bertz CT molecular complexity index is 803. The van der Waals surface area contributed by atoms with Crippen LogP contribution in [0.25, 0.3) is 0 Å². The number of nitrogens with zero attached hydrogens (tertiary/aromatic N) is 2. The van der Waals surface area contributed by atoms with Crippen molar-refractivity contribution >= 4 is 52.9 Å². The normalized spacial score (nSPS) is 10.6. The van der Waals surface area contributed by atoms with Gasteiger partial charge in [0.05, 0.1) is 21.3 Å². The van der Waals surface area contributed by atoms with Crippen molar-refractivity contribution < 1.29 is 19.0 Å². The predicted molar refractivity (Wildman–Crippen MR) is 132 cm³/mol. The van der Waals surface area contributed by atoms with E-state index in [9.17, 15) is 4.79 Å². The van der Waals surface area contributed by atoms with Crippen molar-refractivity contribution in [3.8, 4) is 17.2 Å². The molecule has 1 aromatic heterocycles. The fourth-order valence-electron chi connectivity index (χ4n) is 2.48. The molecule has 1 amide bonds. The number of benzene rings is 1. The Morgan fingerprint density at radius 3 is 2.30 bits per heavy atom. The van der Waals surface area contributed by atoms with Crippen LogP contribution >= 0.6 is 35.3 Å². The first kappa shape index (κ1) is 25.8. The number of amides is 1. The van der Waals surface area contributed by atoms with Gasteiger partial charge in [0, 0.05) is 43.3 Å². The Morgan fingerprint density at radius 1 is 1.13 bits per heavy atom. The second kappa shape index (κ2) is 13.2. The van der Waals surface area contributed by atoms with Crippen molar-refractivity contribution in [2.75, 3.05) is 53.8 Å². The Balaban J connectivity index is 0.00000450. The Morgan fingerprint density at radius 2 is 1.80 bits per heavy atom. The number of likely N-dealkylation sites (N-methyl/N-ethyl adjacent to an activating group) is 1. The number of thiophene rings is 1. The number of rotatable bonds is 9. The molecule has 0 bridgehead atoms. The number of guanidine groups is 1. The van der Waals surface area contributed by atoms with Crippen LogP contribution in [0.4, 0.5) is 5.69 Å². The molecule has 1 aromatic carbocycles. The molecule has 0 atom stereocenters. The standard InChI is InChI=1S/C20H28N4O4S.HI/c1-24(2)18(25)13-22-20(21-9-8-15-7-6-10-29-15)23-14-11-16(26-3)19(28-5)17(12-14)27-4;/h6-7,10-12H,8-9,13H2,1-5H3,(H2,21,22,23);1H. The molecule has 2 aromatic rings. The summed E-state index contributed by atoms with van der Waals surface area (Å²) in [4.78, 5) is 19.1. The molecule has 8 nitrogen and oxygen atoms in total. The van der Waals surface area contributed by atoms with E-state index < -0.39 is 0 Å². The third-order valence-electron chi connectivity index (χ3n) is 4.04. The van der Waals surface area contributed by atoms with Crippen LogP contribution in [-0.2, 0) is 11.2 Å². The molecular formula is C20H29IN4O4S. The van der Waals surface area contributed by atoms with Crippen molar-refractivity contribution in [3.63, 3.8) is 0 Å². The highest BCUT2D eigenvalue weighted by Crippen LogP contribution is 2.39. The first-order valence-electron chi connectivity index (χ1n) is 9.06. The number of carbonyl (C=O) groups excluding carboxylic acids is 1.